The van der Waals surface area contributed by atoms with Crippen LogP contribution in [0.5, 0.6) is 11.5 Å². The van der Waals surface area contributed by atoms with E-state index < -0.39 is 0 Å². The molecule has 0 atom stereocenters. The Morgan fingerprint density at radius 3 is 2.60 bits per heavy atom. The summed E-state index contributed by atoms with van der Waals surface area (Å²) in [6.45, 7) is 0.562. The number of carbonyl (C=O) groups excluding carboxylic acids is 2. The van der Waals surface area contributed by atoms with Crippen molar-refractivity contribution in [3.63, 3.8) is 0 Å². The number of ether oxygens (including phenoxy) is 2. The smallest absolute Gasteiger partial charge is 0.251 e. The number of carbonyl (C=O) groups is 2. The Bertz CT molecular complexity index is 792. The lowest BCUT2D eigenvalue weighted by Gasteiger charge is -2.17. The summed E-state index contributed by atoms with van der Waals surface area (Å²) in [6, 6.07) is 12.7. The third-order valence-electron chi connectivity index (χ3n) is 3.79. The molecule has 0 aliphatic carbocycles. The van der Waals surface area contributed by atoms with E-state index in [0.717, 1.165) is 10.0 Å². The van der Waals surface area contributed by atoms with Gasteiger partial charge in [-0.2, -0.15) is 0 Å². The highest BCUT2D eigenvalue weighted by atomic mass is 79.9. The maximum absolute atomic E-state index is 12.2. The molecule has 0 saturated heterocycles. The van der Waals surface area contributed by atoms with Gasteiger partial charge in [0.05, 0.1) is 6.54 Å². The number of hydrogen-bond donors (Lipinski definition) is 1. The zero-order chi connectivity index (χ0) is 17.8. The van der Waals surface area contributed by atoms with Crippen molar-refractivity contribution in [2.75, 3.05) is 20.4 Å². The molecular formula is C18H17BrN2O4. The highest BCUT2D eigenvalue weighted by molar-refractivity contribution is 9.10. The summed E-state index contributed by atoms with van der Waals surface area (Å²) in [5, 5.41) is 2.63. The molecule has 0 radical (unpaired) electrons. The van der Waals surface area contributed by atoms with Crippen LogP contribution in [-0.4, -0.2) is 37.1 Å². The molecule has 0 saturated carbocycles. The summed E-state index contributed by atoms with van der Waals surface area (Å²) in [5.74, 6) is 0.647. The Morgan fingerprint density at radius 2 is 1.84 bits per heavy atom. The van der Waals surface area contributed by atoms with Gasteiger partial charge in [0.25, 0.3) is 5.91 Å². The van der Waals surface area contributed by atoms with E-state index in [2.05, 4.69) is 21.2 Å². The largest absolute Gasteiger partial charge is 0.454 e. The molecule has 2 aromatic carbocycles. The molecule has 0 unspecified atom stereocenters. The molecule has 0 bridgehead atoms. The van der Waals surface area contributed by atoms with Crippen molar-refractivity contribution in [3.05, 3.63) is 58.1 Å². The highest BCUT2D eigenvalue weighted by Crippen LogP contribution is 2.32. The average molecular weight is 405 g/mol. The van der Waals surface area contributed by atoms with Crippen LogP contribution in [0, 0.1) is 0 Å². The maximum atomic E-state index is 12.2. The first-order valence-corrected chi connectivity index (χ1v) is 8.48. The molecule has 0 fully saturated rings. The van der Waals surface area contributed by atoms with Crippen LogP contribution in [0.1, 0.15) is 15.9 Å². The van der Waals surface area contributed by atoms with E-state index in [1.54, 1.807) is 30.1 Å². The summed E-state index contributed by atoms with van der Waals surface area (Å²) < 4.78 is 11.4. The molecule has 7 heteroatoms. The predicted octanol–water partition coefficient (Wildman–Crippen LogP) is 2.57. The van der Waals surface area contributed by atoms with Gasteiger partial charge in [-0.05, 0) is 35.9 Å². The fraction of sp³-hybridized carbons (Fsp3) is 0.222. The van der Waals surface area contributed by atoms with Crippen molar-refractivity contribution < 1.29 is 19.1 Å². The predicted molar refractivity (Wildman–Crippen MR) is 95.5 cm³/mol. The van der Waals surface area contributed by atoms with Crippen LogP contribution in [0.2, 0.25) is 0 Å². The Morgan fingerprint density at radius 1 is 1.12 bits per heavy atom. The fourth-order valence-electron chi connectivity index (χ4n) is 2.38. The second kappa shape index (κ2) is 7.57. The van der Waals surface area contributed by atoms with Gasteiger partial charge >= 0.3 is 0 Å². The molecule has 1 aliphatic rings. The lowest BCUT2D eigenvalue weighted by molar-refractivity contribution is -0.129. The second-order valence-corrected chi connectivity index (χ2v) is 6.54. The standard InChI is InChI=1S/C18H17BrN2O4/c1-21(10-12-2-5-14(19)6-3-12)17(22)9-20-18(23)13-4-7-15-16(8-13)25-11-24-15/h2-8H,9-11H2,1H3,(H,20,23). The first kappa shape index (κ1) is 17.3. The van der Waals surface area contributed by atoms with E-state index in [9.17, 15) is 9.59 Å². The number of halogens is 1. The third-order valence-corrected chi connectivity index (χ3v) is 4.32. The molecule has 3 rings (SSSR count). The van der Waals surface area contributed by atoms with Gasteiger partial charge in [0.2, 0.25) is 12.7 Å². The number of benzene rings is 2. The molecule has 25 heavy (non-hydrogen) atoms. The van der Waals surface area contributed by atoms with Gasteiger partial charge in [0.15, 0.2) is 11.5 Å². The second-order valence-electron chi connectivity index (χ2n) is 5.63. The van der Waals surface area contributed by atoms with Crippen LogP contribution < -0.4 is 14.8 Å². The lowest BCUT2D eigenvalue weighted by Crippen LogP contribution is -2.37. The van der Waals surface area contributed by atoms with Crippen LogP contribution in [-0.2, 0) is 11.3 Å². The van der Waals surface area contributed by atoms with Crippen molar-refractivity contribution in [1.29, 1.82) is 0 Å². The summed E-state index contributed by atoms with van der Waals surface area (Å²) >= 11 is 3.38. The summed E-state index contributed by atoms with van der Waals surface area (Å²) in [7, 11) is 1.71. The topological polar surface area (TPSA) is 67.9 Å². The van der Waals surface area contributed by atoms with Gasteiger partial charge in [-0.1, -0.05) is 28.1 Å². The van der Waals surface area contributed by atoms with Crippen molar-refractivity contribution in [3.8, 4) is 11.5 Å². The first-order valence-electron chi connectivity index (χ1n) is 7.69. The molecule has 1 N–H and O–H groups in total. The molecule has 0 aromatic heterocycles. The molecule has 1 heterocycles. The van der Waals surface area contributed by atoms with E-state index in [0.29, 0.717) is 23.6 Å². The molecule has 130 valence electrons. The minimum absolute atomic E-state index is 0.0691. The number of likely N-dealkylation sites (N-methyl/N-ethyl adjacent to an activating group) is 1. The molecule has 1 aliphatic heterocycles. The lowest BCUT2D eigenvalue weighted by atomic mass is 10.2. The minimum atomic E-state index is -0.330. The number of fused-ring (bicyclic) bond motifs is 1. The summed E-state index contributed by atoms with van der Waals surface area (Å²) in [5.41, 5.74) is 1.44. The van der Waals surface area contributed by atoms with Crippen LogP contribution >= 0.6 is 15.9 Å². The van der Waals surface area contributed by atoms with E-state index in [1.807, 2.05) is 24.3 Å². The fourth-order valence-corrected chi connectivity index (χ4v) is 2.65. The summed E-state index contributed by atoms with van der Waals surface area (Å²) in [4.78, 5) is 26.0. The zero-order valence-corrected chi connectivity index (χ0v) is 15.2. The van der Waals surface area contributed by atoms with Crippen LogP contribution in [0.25, 0.3) is 0 Å². The monoisotopic (exact) mass is 404 g/mol. The first-order chi connectivity index (χ1) is 12.0. The number of nitrogens with one attached hydrogen (secondary N) is 1. The Hall–Kier alpha value is -2.54. The van der Waals surface area contributed by atoms with Crippen LogP contribution in [0.4, 0.5) is 0 Å². The van der Waals surface area contributed by atoms with Crippen LogP contribution in [0.3, 0.4) is 0 Å². The molecule has 0 spiro atoms. The number of hydrogen-bond acceptors (Lipinski definition) is 4. The Labute approximate surface area is 153 Å². The minimum Gasteiger partial charge on any atom is -0.454 e. The van der Waals surface area contributed by atoms with Crippen molar-refractivity contribution in [2.24, 2.45) is 0 Å². The van der Waals surface area contributed by atoms with Crippen molar-refractivity contribution in [1.82, 2.24) is 10.2 Å². The molecule has 6 nitrogen and oxygen atoms in total. The highest BCUT2D eigenvalue weighted by Gasteiger charge is 2.17. The van der Waals surface area contributed by atoms with Gasteiger partial charge in [0, 0.05) is 23.6 Å². The van der Waals surface area contributed by atoms with Gasteiger partial charge < -0.3 is 19.7 Å². The summed E-state index contributed by atoms with van der Waals surface area (Å²) in [6.07, 6.45) is 0. The van der Waals surface area contributed by atoms with E-state index in [1.165, 1.54) is 0 Å². The number of rotatable bonds is 5. The SMILES string of the molecule is CN(Cc1ccc(Br)cc1)C(=O)CNC(=O)c1ccc2c(c1)OCO2. The van der Waals surface area contributed by atoms with E-state index in [4.69, 9.17) is 9.47 Å². The zero-order valence-electron chi connectivity index (χ0n) is 13.6. The van der Waals surface area contributed by atoms with Gasteiger partial charge in [0.1, 0.15) is 0 Å². The molecular weight excluding hydrogens is 388 g/mol. The van der Waals surface area contributed by atoms with Crippen molar-refractivity contribution >= 4 is 27.7 Å². The third kappa shape index (κ3) is 4.30. The quantitative estimate of drug-likeness (QED) is 0.831. The van der Waals surface area contributed by atoms with Gasteiger partial charge in [-0.15, -0.1) is 0 Å². The van der Waals surface area contributed by atoms with Gasteiger partial charge in [-0.3, -0.25) is 9.59 Å². The average Bonchev–Trinajstić information content (AvgIpc) is 3.08. The van der Waals surface area contributed by atoms with E-state index >= 15 is 0 Å². The van der Waals surface area contributed by atoms with Gasteiger partial charge in [-0.25, -0.2) is 0 Å². The maximum Gasteiger partial charge on any atom is 0.251 e. The Balaban J connectivity index is 1.52. The number of amides is 2. The molecule has 2 amide bonds. The Kier molecular flexibility index (Phi) is 5.23. The normalized spacial score (nSPS) is 11.9. The molecule has 2 aromatic rings. The van der Waals surface area contributed by atoms with E-state index in [-0.39, 0.29) is 25.2 Å². The van der Waals surface area contributed by atoms with Crippen LogP contribution in [0.15, 0.2) is 46.9 Å². The number of nitrogens with zero attached hydrogens (tertiary/aromatic N) is 1. The van der Waals surface area contributed by atoms with Crippen molar-refractivity contribution in [2.45, 2.75) is 6.54 Å².